The number of aromatic nitrogens is 1. The predicted octanol–water partition coefficient (Wildman–Crippen LogP) is 5.09. The third-order valence-corrected chi connectivity index (χ3v) is 5.33. The molecule has 0 aliphatic rings. The SMILES string of the molecule is C/C=C/Cc1c(Cl)c(C(=O)Nc2c(CC)cccc2CC)c(C)[n+]([O-])c1C. The smallest absolute Gasteiger partial charge is 0.263 e. The van der Waals surface area contributed by atoms with Crippen molar-refractivity contribution in [3.8, 4) is 0 Å². The molecule has 0 aliphatic carbocycles. The van der Waals surface area contributed by atoms with Crippen LogP contribution in [0.25, 0.3) is 0 Å². The fourth-order valence-corrected chi connectivity index (χ4v) is 3.70. The minimum Gasteiger partial charge on any atom is -0.618 e. The highest BCUT2D eigenvalue weighted by atomic mass is 35.5. The Bertz CT molecular complexity index is 866. The van der Waals surface area contributed by atoms with E-state index in [1.165, 1.54) is 0 Å². The van der Waals surface area contributed by atoms with Crippen molar-refractivity contribution in [1.29, 1.82) is 0 Å². The van der Waals surface area contributed by atoms with Gasteiger partial charge in [-0.2, -0.15) is 4.73 Å². The lowest BCUT2D eigenvalue weighted by Crippen LogP contribution is -2.38. The molecule has 1 aromatic carbocycles. The molecule has 1 aromatic heterocycles. The van der Waals surface area contributed by atoms with Crippen molar-refractivity contribution < 1.29 is 9.52 Å². The molecule has 144 valence electrons. The van der Waals surface area contributed by atoms with Crippen LogP contribution in [0.5, 0.6) is 0 Å². The molecule has 1 amide bonds. The van der Waals surface area contributed by atoms with E-state index in [-0.39, 0.29) is 11.5 Å². The summed E-state index contributed by atoms with van der Waals surface area (Å²) < 4.78 is 0.798. The van der Waals surface area contributed by atoms with E-state index in [1.54, 1.807) is 13.8 Å². The Labute approximate surface area is 166 Å². The second kappa shape index (κ2) is 9.05. The van der Waals surface area contributed by atoms with Crippen molar-refractivity contribution in [3.63, 3.8) is 0 Å². The fraction of sp³-hybridized carbons (Fsp3) is 0.364. The van der Waals surface area contributed by atoms with E-state index in [0.29, 0.717) is 28.4 Å². The first-order valence-electron chi connectivity index (χ1n) is 9.31. The van der Waals surface area contributed by atoms with Crippen molar-refractivity contribution >= 4 is 23.2 Å². The average molecular weight is 387 g/mol. The van der Waals surface area contributed by atoms with Gasteiger partial charge in [0.25, 0.3) is 5.91 Å². The third kappa shape index (κ3) is 4.16. The molecule has 0 saturated heterocycles. The molecule has 0 spiro atoms. The van der Waals surface area contributed by atoms with Crippen LogP contribution >= 0.6 is 11.6 Å². The zero-order chi connectivity index (χ0) is 20.1. The highest BCUT2D eigenvalue weighted by Crippen LogP contribution is 2.28. The third-order valence-electron chi connectivity index (χ3n) is 4.91. The average Bonchev–Trinajstić information content (AvgIpc) is 2.66. The Morgan fingerprint density at radius 1 is 1.19 bits per heavy atom. The second-order valence-corrected chi connectivity index (χ2v) is 6.90. The van der Waals surface area contributed by atoms with Crippen molar-refractivity contribution in [2.24, 2.45) is 0 Å². The fourth-order valence-electron chi connectivity index (χ4n) is 3.26. The first kappa shape index (κ1) is 21.0. The Kier molecular flexibility index (Phi) is 7.03. The highest BCUT2D eigenvalue weighted by Gasteiger charge is 2.27. The lowest BCUT2D eigenvalue weighted by molar-refractivity contribution is -0.619. The minimum atomic E-state index is -0.348. The molecule has 0 unspecified atom stereocenters. The summed E-state index contributed by atoms with van der Waals surface area (Å²) in [6.45, 7) is 9.37. The maximum absolute atomic E-state index is 13.1. The minimum absolute atomic E-state index is 0.240. The Morgan fingerprint density at radius 2 is 1.78 bits per heavy atom. The van der Waals surface area contributed by atoms with Gasteiger partial charge in [0.1, 0.15) is 5.56 Å². The molecule has 0 radical (unpaired) electrons. The second-order valence-electron chi connectivity index (χ2n) is 6.52. The number of hydrogen-bond acceptors (Lipinski definition) is 2. The van der Waals surface area contributed by atoms with Gasteiger partial charge in [-0.25, -0.2) is 0 Å². The van der Waals surface area contributed by atoms with Crippen LogP contribution in [-0.2, 0) is 19.3 Å². The first-order chi connectivity index (χ1) is 12.9. The summed E-state index contributed by atoms with van der Waals surface area (Å²) >= 11 is 6.59. The number of carbonyl (C=O) groups is 1. The Morgan fingerprint density at radius 3 is 2.30 bits per heavy atom. The number of allylic oxidation sites excluding steroid dienone is 2. The Hall–Kier alpha value is -2.33. The molecule has 0 fully saturated rings. The molecular formula is C22H27ClN2O2. The number of aryl methyl sites for hydroxylation is 2. The van der Waals surface area contributed by atoms with Crippen LogP contribution in [-0.4, -0.2) is 5.91 Å². The van der Waals surface area contributed by atoms with Crippen molar-refractivity contribution in [1.82, 2.24) is 0 Å². The number of pyridine rings is 1. The van der Waals surface area contributed by atoms with Crippen LogP contribution in [0.4, 0.5) is 5.69 Å². The van der Waals surface area contributed by atoms with Crippen LogP contribution in [0.2, 0.25) is 5.02 Å². The predicted molar refractivity (Wildman–Crippen MR) is 112 cm³/mol. The van der Waals surface area contributed by atoms with E-state index < -0.39 is 0 Å². The first-order valence-corrected chi connectivity index (χ1v) is 9.69. The van der Waals surface area contributed by atoms with Crippen LogP contribution in [0.15, 0.2) is 30.4 Å². The highest BCUT2D eigenvalue weighted by molar-refractivity contribution is 6.35. The molecule has 4 nitrogen and oxygen atoms in total. The number of para-hydroxylation sites is 1. The van der Waals surface area contributed by atoms with Gasteiger partial charge in [-0.05, 0) is 37.3 Å². The van der Waals surface area contributed by atoms with E-state index in [4.69, 9.17) is 11.6 Å². The van der Waals surface area contributed by atoms with Gasteiger partial charge < -0.3 is 10.5 Å². The van der Waals surface area contributed by atoms with Crippen molar-refractivity contribution in [3.05, 3.63) is 74.2 Å². The van der Waals surface area contributed by atoms with Crippen LogP contribution < -0.4 is 10.0 Å². The van der Waals surface area contributed by atoms with E-state index >= 15 is 0 Å². The normalized spacial score (nSPS) is 11.2. The van der Waals surface area contributed by atoms with Gasteiger partial charge in [-0.15, -0.1) is 0 Å². The zero-order valence-electron chi connectivity index (χ0n) is 16.6. The number of amides is 1. The number of hydrogen-bond donors (Lipinski definition) is 1. The summed E-state index contributed by atoms with van der Waals surface area (Å²) in [5, 5.41) is 15.9. The summed E-state index contributed by atoms with van der Waals surface area (Å²) in [5.41, 5.74) is 4.70. The van der Waals surface area contributed by atoms with Crippen molar-refractivity contribution in [2.45, 2.75) is 53.9 Å². The van der Waals surface area contributed by atoms with E-state index in [1.807, 2.05) is 37.3 Å². The van der Waals surface area contributed by atoms with Gasteiger partial charge in [0.15, 0.2) is 5.69 Å². The van der Waals surface area contributed by atoms with E-state index in [9.17, 15) is 10.0 Å². The number of carbonyl (C=O) groups excluding carboxylic acids is 1. The molecule has 0 bridgehead atoms. The number of nitrogens with one attached hydrogen (secondary N) is 1. The van der Waals surface area contributed by atoms with Gasteiger partial charge in [-0.3, -0.25) is 4.79 Å². The maximum atomic E-state index is 13.1. The standard InChI is InChI=1S/C22H27ClN2O2/c1-6-9-13-18-14(4)25(27)15(5)19(20(18)23)22(26)24-21-16(7-2)11-10-12-17(21)8-3/h6,9-12H,7-8,13H2,1-5H3,(H,24,26)/b9-6+. The monoisotopic (exact) mass is 386 g/mol. The summed E-state index contributed by atoms with van der Waals surface area (Å²) in [4.78, 5) is 13.1. The van der Waals surface area contributed by atoms with E-state index in [0.717, 1.165) is 34.4 Å². The lowest BCUT2D eigenvalue weighted by Gasteiger charge is -2.18. The quantitative estimate of drug-likeness (QED) is 0.427. The van der Waals surface area contributed by atoms with Crippen LogP contribution in [0, 0.1) is 19.1 Å². The zero-order valence-corrected chi connectivity index (χ0v) is 17.4. The molecule has 0 aliphatic heterocycles. The molecule has 1 N–H and O–H groups in total. The largest absolute Gasteiger partial charge is 0.618 e. The van der Waals surface area contributed by atoms with Gasteiger partial charge in [0.05, 0.1) is 5.02 Å². The molecule has 27 heavy (non-hydrogen) atoms. The van der Waals surface area contributed by atoms with E-state index in [2.05, 4.69) is 19.2 Å². The Balaban J connectivity index is 2.56. The summed E-state index contributed by atoms with van der Waals surface area (Å²) in [5.74, 6) is -0.348. The van der Waals surface area contributed by atoms with Crippen LogP contribution in [0.3, 0.4) is 0 Å². The lowest BCUT2D eigenvalue weighted by atomic mass is 10.0. The maximum Gasteiger partial charge on any atom is 0.263 e. The van der Waals surface area contributed by atoms with Crippen LogP contribution in [0.1, 0.15) is 59.2 Å². The summed E-state index contributed by atoms with van der Waals surface area (Å²) in [6.07, 6.45) is 5.94. The summed E-state index contributed by atoms with van der Waals surface area (Å²) in [7, 11) is 0. The topological polar surface area (TPSA) is 56.0 Å². The molecular weight excluding hydrogens is 360 g/mol. The van der Waals surface area contributed by atoms with Gasteiger partial charge in [0.2, 0.25) is 5.69 Å². The van der Waals surface area contributed by atoms with Crippen molar-refractivity contribution in [2.75, 3.05) is 5.32 Å². The molecule has 2 rings (SSSR count). The van der Waals surface area contributed by atoms with Gasteiger partial charge in [-0.1, -0.05) is 55.8 Å². The number of benzene rings is 1. The molecule has 1 heterocycles. The molecule has 5 heteroatoms. The molecule has 0 atom stereocenters. The molecule has 0 saturated carbocycles. The number of halogens is 1. The number of nitrogens with zero attached hydrogens (tertiary/aromatic N) is 1. The summed E-state index contributed by atoms with van der Waals surface area (Å²) in [6, 6.07) is 6.01. The number of rotatable bonds is 6. The van der Waals surface area contributed by atoms with Gasteiger partial charge in [0, 0.05) is 25.1 Å². The molecule has 2 aromatic rings. The van der Waals surface area contributed by atoms with Gasteiger partial charge >= 0.3 is 0 Å². The number of anilines is 1.